The molecule has 0 bridgehead atoms. The molecule has 4 heterocycles. The molecule has 1 amide bonds. The molecule has 34 heavy (non-hydrogen) atoms. The smallest absolute Gasteiger partial charge is 0.364 e. The van der Waals surface area contributed by atoms with E-state index in [9.17, 15) is 18.0 Å². The van der Waals surface area contributed by atoms with Crippen LogP contribution in [0.3, 0.4) is 0 Å². The highest BCUT2D eigenvalue weighted by atomic mass is 19.4. The number of piperazine rings is 1. The lowest BCUT2D eigenvalue weighted by molar-refractivity contribution is -0.137. The molecule has 7 nitrogen and oxygen atoms in total. The summed E-state index contributed by atoms with van der Waals surface area (Å²) in [5.41, 5.74) is 0.702. The van der Waals surface area contributed by atoms with Gasteiger partial charge < -0.3 is 20.0 Å². The number of carbonyl (C=O) groups is 1. The Morgan fingerprint density at radius 2 is 1.94 bits per heavy atom. The zero-order valence-electron chi connectivity index (χ0n) is 19.0. The number of amides is 1. The van der Waals surface area contributed by atoms with Crippen LogP contribution in [-0.2, 0) is 17.4 Å². The normalized spacial score (nSPS) is 22.9. The van der Waals surface area contributed by atoms with Gasteiger partial charge in [-0.2, -0.15) is 13.2 Å². The van der Waals surface area contributed by atoms with Gasteiger partial charge in [0.2, 0.25) is 5.91 Å². The zero-order chi connectivity index (χ0) is 23.7. The van der Waals surface area contributed by atoms with Crippen LogP contribution >= 0.6 is 0 Å². The molecule has 3 aliphatic rings. The summed E-state index contributed by atoms with van der Waals surface area (Å²) >= 11 is 0. The summed E-state index contributed by atoms with van der Waals surface area (Å²) in [6.07, 6.45) is 3.19. The lowest BCUT2D eigenvalue weighted by atomic mass is 9.82. The van der Waals surface area contributed by atoms with E-state index in [1.54, 1.807) is 24.7 Å². The number of alkyl halides is 3. The van der Waals surface area contributed by atoms with Gasteiger partial charge in [0.15, 0.2) is 0 Å². The predicted molar refractivity (Wildman–Crippen MR) is 123 cm³/mol. The molecule has 0 spiro atoms. The van der Waals surface area contributed by atoms with Crippen molar-refractivity contribution in [2.75, 3.05) is 55.6 Å². The maximum atomic E-state index is 13.4. The third-order valence-electron chi connectivity index (χ3n) is 7.18. The van der Waals surface area contributed by atoms with Crippen LogP contribution in [0, 0.1) is 5.92 Å². The first-order valence-corrected chi connectivity index (χ1v) is 11.9. The van der Waals surface area contributed by atoms with Crippen molar-refractivity contribution in [2.24, 2.45) is 5.92 Å². The van der Waals surface area contributed by atoms with E-state index >= 15 is 0 Å². The number of nitrogens with one attached hydrogen (secondary N) is 1. The highest BCUT2D eigenvalue weighted by Gasteiger charge is 2.43. The quantitative estimate of drug-likeness (QED) is 0.719. The Kier molecular flexibility index (Phi) is 6.33. The van der Waals surface area contributed by atoms with Crippen LogP contribution in [0.15, 0.2) is 36.8 Å². The first-order chi connectivity index (χ1) is 16.4. The SMILES string of the molecule is O=C(NCCN1CCCC1)C1Cc2cc(C(F)(F)F)ccc2N2CCN(c3cnccn3)CC12. The van der Waals surface area contributed by atoms with Crippen LogP contribution in [0.4, 0.5) is 24.7 Å². The third kappa shape index (κ3) is 4.68. The van der Waals surface area contributed by atoms with Gasteiger partial charge in [-0.25, -0.2) is 4.98 Å². The highest BCUT2D eigenvalue weighted by molar-refractivity contribution is 5.82. The summed E-state index contributed by atoms with van der Waals surface area (Å²) in [4.78, 5) is 28.4. The Hall–Kier alpha value is -2.88. The van der Waals surface area contributed by atoms with Gasteiger partial charge >= 0.3 is 6.18 Å². The van der Waals surface area contributed by atoms with Crippen molar-refractivity contribution >= 4 is 17.4 Å². The number of nitrogens with zero attached hydrogens (tertiary/aromatic N) is 5. The predicted octanol–water partition coefficient (Wildman–Crippen LogP) is 2.57. The number of likely N-dealkylation sites (tertiary alicyclic amines) is 1. The molecule has 1 N–H and O–H groups in total. The Labute approximate surface area is 197 Å². The van der Waals surface area contributed by atoms with Gasteiger partial charge in [0, 0.05) is 50.8 Å². The first kappa shape index (κ1) is 22.9. The highest BCUT2D eigenvalue weighted by Crippen LogP contribution is 2.40. The molecule has 1 aromatic heterocycles. The first-order valence-electron chi connectivity index (χ1n) is 11.9. The van der Waals surface area contributed by atoms with E-state index < -0.39 is 17.7 Å². The fourth-order valence-electron chi connectivity index (χ4n) is 5.44. The van der Waals surface area contributed by atoms with Crippen LogP contribution in [0.5, 0.6) is 0 Å². The third-order valence-corrected chi connectivity index (χ3v) is 7.18. The number of fused-ring (bicyclic) bond motifs is 3. The van der Waals surface area contributed by atoms with E-state index in [-0.39, 0.29) is 18.4 Å². The summed E-state index contributed by atoms with van der Waals surface area (Å²) in [7, 11) is 0. The molecular weight excluding hydrogens is 445 g/mol. The van der Waals surface area contributed by atoms with Crippen LogP contribution < -0.4 is 15.1 Å². The molecule has 2 fully saturated rings. The van der Waals surface area contributed by atoms with E-state index in [0.717, 1.165) is 37.2 Å². The van der Waals surface area contributed by atoms with Gasteiger partial charge in [-0.1, -0.05) is 0 Å². The van der Waals surface area contributed by atoms with Gasteiger partial charge in [0.05, 0.1) is 23.7 Å². The van der Waals surface area contributed by atoms with Gasteiger partial charge in [-0.05, 0) is 56.1 Å². The average Bonchev–Trinajstić information content (AvgIpc) is 3.36. The fraction of sp³-hybridized carbons (Fsp3) is 0.542. The number of benzene rings is 1. The van der Waals surface area contributed by atoms with Crippen LogP contribution in [0.25, 0.3) is 0 Å². The minimum Gasteiger partial charge on any atom is -0.364 e. The van der Waals surface area contributed by atoms with Gasteiger partial charge in [-0.15, -0.1) is 0 Å². The molecule has 2 atom stereocenters. The number of aromatic nitrogens is 2. The maximum Gasteiger partial charge on any atom is 0.416 e. The zero-order valence-corrected chi connectivity index (χ0v) is 19.0. The monoisotopic (exact) mass is 474 g/mol. The molecular formula is C24H29F3N6O. The number of halogens is 3. The second-order valence-corrected chi connectivity index (χ2v) is 9.26. The van der Waals surface area contributed by atoms with E-state index in [0.29, 0.717) is 31.7 Å². The van der Waals surface area contributed by atoms with Crippen molar-refractivity contribution in [3.63, 3.8) is 0 Å². The number of carbonyl (C=O) groups excluding carboxylic acids is 1. The molecule has 2 aromatic rings. The molecule has 0 saturated carbocycles. The van der Waals surface area contributed by atoms with Gasteiger partial charge in [0.1, 0.15) is 5.82 Å². The summed E-state index contributed by atoms with van der Waals surface area (Å²) in [6, 6.07) is 3.75. The minimum atomic E-state index is -4.41. The second-order valence-electron chi connectivity index (χ2n) is 9.26. The standard InChI is InChI=1S/C24H29F3N6O/c25-24(26,27)18-3-4-20-17(13-18)14-19(23(34)30-7-10-31-8-1-2-9-31)21-16-32(11-12-33(20)21)22-15-28-5-6-29-22/h3-6,13,15,19,21H,1-2,7-12,14,16H2,(H,30,34). The van der Waals surface area contributed by atoms with Crippen LogP contribution in [-0.4, -0.2) is 72.6 Å². The lowest BCUT2D eigenvalue weighted by Gasteiger charge is -2.49. The van der Waals surface area contributed by atoms with Gasteiger partial charge in [0.25, 0.3) is 0 Å². The van der Waals surface area contributed by atoms with Crippen LogP contribution in [0.2, 0.25) is 0 Å². The molecule has 2 unspecified atom stereocenters. The van der Waals surface area contributed by atoms with Crippen molar-refractivity contribution in [3.05, 3.63) is 47.9 Å². The van der Waals surface area contributed by atoms with Crippen molar-refractivity contribution < 1.29 is 18.0 Å². The number of rotatable bonds is 5. The summed E-state index contributed by atoms with van der Waals surface area (Å²) in [6.45, 7) is 5.25. The van der Waals surface area contributed by atoms with E-state index in [2.05, 4.69) is 30.0 Å². The van der Waals surface area contributed by atoms with Crippen molar-refractivity contribution in [3.8, 4) is 0 Å². The molecule has 0 aliphatic carbocycles. The van der Waals surface area contributed by atoms with Crippen molar-refractivity contribution in [2.45, 2.75) is 31.5 Å². The summed E-state index contributed by atoms with van der Waals surface area (Å²) < 4.78 is 40.1. The lowest BCUT2D eigenvalue weighted by Crippen LogP contribution is -2.61. The van der Waals surface area contributed by atoms with Gasteiger partial charge in [-0.3, -0.25) is 9.78 Å². The average molecular weight is 475 g/mol. The topological polar surface area (TPSA) is 64.6 Å². The molecule has 10 heteroatoms. The summed E-state index contributed by atoms with van der Waals surface area (Å²) in [5.74, 6) is 0.195. The Morgan fingerprint density at radius 1 is 1.12 bits per heavy atom. The molecule has 2 saturated heterocycles. The summed E-state index contributed by atoms with van der Waals surface area (Å²) in [5, 5.41) is 3.07. The van der Waals surface area contributed by atoms with E-state index in [4.69, 9.17) is 0 Å². The van der Waals surface area contributed by atoms with Crippen molar-refractivity contribution in [1.29, 1.82) is 0 Å². The van der Waals surface area contributed by atoms with Crippen LogP contribution in [0.1, 0.15) is 24.0 Å². The van der Waals surface area contributed by atoms with E-state index in [1.807, 2.05) is 0 Å². The minimum absolute atomic E-state index is 0.0988. The molecule has 3 aliphatic heterocycles. The Balaban J connectivity index is 1.38. The Morgan fingerprint density at radius 3 is 2.68 bits per heavy atom. The largest absolute Gasteiger partial charge is 0.416 e. The molecule has 5 rings (SSSR count). The molecule has 0 radical (unpaired) electrons. The van der Waals surface area contributed by atoms with E-state index in [1.165, 1.54) is 18.9 Å². The maximum absolute atomic E-state index is 13.4. The Bertz CT molecular complexity index is 1010. The number of anilines is 2. The fourth-order valence-corrected chi connectivity index (χ4v) is 5.44. The number of hydrogen-bond donors (Lipinski definition) is 1. The van der Waals surface area contributed by atoms with Crippen molar-refractivity contribution in [1.82, 2.24) is 20.2 Å². The molecule has 182 valence electrons. The number of hydrogen-bond acceptors (Lipinski definition) is 6. The molecule has 1 aromatic carbocycles. The second kappa shape index (κ2) is 9.40.